The van der Waals surface area contributed by atoms with Gasteiger partial charge in [-0.1, -0.05) is 51.1 Å². The largest absolute Gasteiger partial charge is 0.324 e. The molecule has 0 radical (unpaired) electrons. The number of hydrogen-bond acceptors (Lipinski definition) is 8. The summed E-state index contributed by atoms with van der Waals surface area (Å²) in [6.07, 6.45) is 4.97. The fourth-order valence-electron chi connectivity index (χ4n) is 5.22. The van der Waals surface area contributed by atoms with Gasteiger partial charge in [-0.05, 0) is 73.4 Å². The number of nitrogens with one attached hydrogen (secondary N) is 2. The Morgan fingerprint density at radius 3 is 2.55 bits per heavy atom. The number of hydrogen-bond donors (Lipinski definition) is 2. The molecule has 1 unspecified atom stereocenters. The van der Waals surface area contributed by atoms with E-state index in [1.165, 1.54) is 16.9 Å². The molecule has 218 valence electrons. The maximum absolute atomic E-state index is 14.0. The first kappa shape index (κ1) is 29.9. The second-order valence-corrected chi connectivity index (χ2v) is 12.7. The smallest absolute Gasteiger partial charge is 0.262 e. The van der Waals surface area contributed by atoms with Crippen LogP contribution in [0.2, 0.25) is 0 Å². The van der Waals surface area contributed by atoms with Crippen LogP contribution in [-0.2, 0) is 6.54 Å². The second kappa shape index (κ2) is 13.6. The Kier molecular flexibility index (Phi) is 9.72. The van der Waals surface area contributed by atoms with Crippen LogP contribution in [0, 0.1) is 12.8 Å². The van der Waals surface area contributed by atoms with Gasteiger partial charge in [-0.25, -0.2) is 9.97 Å². The summed E-state index contributed by atoms with van der Waals surface area (Å²) < 4.78 is 1.75. The van der Waals surface area contributed by atoms with Crippen LogP contribution in [0.1, 0.15) is 49.1 Å². The van der Waals surface area contributed by atoms with Crippen LogP contribution >= 0.6 is 23.1 Å². The van der Waals surface area contributed by atoms with Crippen molar-refractivity contribution in [3.8, 4) is 11.3 Å². The van der Waals surface area contributed by atoms with Gasteiger partial charge in [0.1, 0.15) is 5.65 Å². The fraction of sp³-hybridized carbons (Fsp3) is 0.333. The van der Waals surface area contributed by atoms with Crippen LogP contribution in [0.4, 0.5) is 11.6 Å². The number of thioether (sulfide) groups is 1. The van der Waals surface area contributed by atoms with Gasteiger partial charge in [0, 0.05) is 33.6 Å². The lowest BCUT2D eigenvalue weighted by Crippen LogP contribution is -2.25. The lowest BCUT2D eigenvalue weighted by Gasteiger charge is -2.22. The van der Waals surface area contributed by atoms with Gasteiger partial charge in [-0.3, -0.25) is 9.36 Å². The molecule has 0 saturated carbocycles. The van der Waals surface area contributed by atoms with Gasteiger partial charge in [0.2, 0.25) is 5.95 Å². The van der Waals surface area contributed by atoms with Crippen molar-refractivity contribution < 1.29 is 0 Å². The number of pyridine rings is 1. The standard InChI is InChI=1S/C33H38N6OS2/c1-6-15-34-18-28(21(2)3)23-11-13-26(14-12-23)37-33-35-17-25-16-27(30-22(4)42-20-36-30)32(40)39(31(25)38-33)19-24-9-7-8-10-29(24)41-5/h7-14,16-17,20-21,28,34H,6,15,18-19H2,1-5H3,(H,35,37,38). The van der Waals surface area contributed by atoms with E-state index in [9.17, 15) is 4.79 Å². The van der Waals surface area contributed by atoms with Crippen molar-refractivity contribution in [3.05, 3.63) is 92.7 Å². The number of fused-ring (bicyclic) bond motifs is 1. The molecule has 0 saturated heterocycles. The molecule has 9 heteroatoms. The van der Waals surface area contributed by atoms with Gasteiger partial charge in [0.15, 0.2) is 0 Å². The van der Waals surface area contributed by atoms with E-state index >= 15 is 0 Å². The number of thiazole rings is 1. The lowest BCUT2D eigenvalue weighted by atomic mass is 9.88. The molecule has 1 atom stereocenters. The predicted octanol–water partition coefficient (Wildman–Crippen LogP) is 7.48. The number of benzene rings is 2. The van der Waals surface area contributed by atoms with E-state index < -0.39 is 0 Å². The van der Waals surface area contributed by atoms with Crippen molar-refractivity contribution in [1.29, 1.82) is 0 Å². The summed E-state index contributed by atoms with van der Waals surface area (Å²) in [4.78, 5) is 30.1. The molecule has 0 amide bonds. The monoisotopic (exact) mass is 598 g/mol. The Labute approximate surface area is 255 Å². The summed E-state index contributed by atoms with van der Waals surface area (Å²) in [5, 5.41) is 7.72. The molecular weight excluding hydrogens is 561 g/mol. The Hall–Kier alpha value is -3.53. The van der Waals surface area contributed by atoms with Gasteiger partial charge in [-0.15, -0.1) is 23.1 Å². The molecule has 7 nitrogen and oxygen atoms in total. The Morgan fingerprint density at radius 2 is 1.86 bits per heavy atom. The molecule has 2 aromatic carbocycles. The van der Waals surface area contributed by atoms with E-state index in [0.29, 0.717) is 41.2 Å². The molecule has 42 heavy (non-hydrogen) atoms. The van der Waals surface area contributed by atoms with Gasteiger partial charge in [0.05, 0.1) is 23.3 Å². The van der Waals surface area contributed by atoms with E-state index in [2.05, 4.69) is 84.0 Å². The van der Waals surface area contributed by atoms with E-state index in [1.54, 1.807) is 28.0 Å². The van der Waals surface area contributed by atoms with Crippen molar-refractivity contribution in [1.82, 2.24) is 24.8 Å². The van der Waals surface area contributed by atoms with Crippen LogP contribution in [0.25, 0.3) is 22.3 Å². The highest BCUT2D eigenvalue weighted by Crippen LogP contribution is 2.28. The highest BCUT2D eigenvalue weighted by Gasteiger charge is 2.18. The average Bonchev–Trinajstić information content (AvgIpc) is 3.42. The predicted molar refractivity (Wildman–Crippen MR) is 177 cm³/mol. The quantitative estimate of drug-likeness (QED) is 0.114. The Balaban J connectivity index is 1.51. The van der Waals surface area contributed by atoms with E-state index in [0.717, 1.165) is 45.9 Å². The summed E-state index contributed by atoms with van der Waals surface area (Å²) in [6, 6.07) is 18.6. The molecule has 0 aliphatic rings. The fourth-order valence-corrected chi connectivity index (χ4v) is 6.42. The highest BCUT2D eigenvalue weighted by molar-refractivity contribution is 7.98. The molecule has 0 bridgehead atoms. The number of anilines is 2. The first-order chi connectivity index (χ1) is 20.4. The van der Waals surface area contributed by atoms with Crippen LogP contribution in [0.15, 0.2) is 76.0 Å². The summed E-state index contributed by atoms with van der Waals surface area (Å²) >= 11 is 3.20. The van der Waals surface area contributed by atoms with Crippen LogP contribution in [0.5, 0.6) is 0 Å². The first-order valence-electron chi connectivity index (χ1n) is 14.4. The molecular formula is C33H38N6OS2. The minimum atomic E-state index is -0.113. The third-order valence-corrected chi connectivity index (χ3v) is 9.13. The summed E-state index contributed by atoms with van der Waals surface area (Å²) in [5.74, 6) is 1.42. The normalized spacial score (nSPS) is 12.2. The van der Waals surface area contributed by atoms with E-state index in [1.807, 2.05) is 25.1 Å². The third kappa shape index (κ3) is 6.59. The number of nitrogens with zero attached hydrogens (tertiary/aromatic N) is 4. The van der Waals surface area contributed by atoms with Crippen molar-refractivity contribution in [2.45, 2.75) is 51.5 Å². The van der Waals surface area contributed by atoms with Crippen LogP contribution in [0.3, 0.4) is 0 Å². The van der Waals surface area contributed by atoms with Crippen molar-refractivity contribution in [2.75, 3.05) is 24.7 Å². The summed E-state index contributed by atoms with van der Waals surface area (Å²) in [7, 11) is 0. The molecule has 0 aliphatic carbocycles. The zero-order valence-corrected chi connectivity index (χ0v) is 26.5. The number of rotatable bonds is 12. The number of aryl methyl sites for hydroxylation is 1. The third-order valence-electron chi connectivity index (χ3n) is 7.54. The van der Waals surface area contributed by atoms with Gasteiger partial charge in [-0.2, -0.15) is 4.98 Å². The lowest BCUT2D eigenvalue weighted by molar-refractivity contribution is 0.462. The molecule has 3 heterocycles. The molecule has 5 rings (SSSR count). The first-order valence-corrected chi connectivity index (χ1v) is 16.5. The van der Waals surface area contributed by atoms with Gasteiger partial charge in [0.25, 0.3) is 5.56 Å². The maximum Gasteiger partial charge on any atom is 0.262 e. The molecule has 0 spiro atoms. The summed E-state index contributed by atoms with van der Waals surface area (Å²) in [5.41, 5.74) is 6.81. The number of aromatic nitrogens is 4. The van der Waals surface area contributed by atoms with E-state index in [4.69, 9.17) is 4.98 Å². The van der Waals surface area contributed by atoms with Gasteiger partial charge >= 0.3 is 0 Å². The minimum absolute atomic E-state index is 0.113. The van der Waals surface area contributed by atoms with Crippen LogP contribution < -0.4 is 16.2 Å². The Bertz CT molecular complexity index is 1710. The van der Waals surface area contributed by atoms with Crippen molar-refractivity contribution >= 4 is 45.8 Å². The SMILES string of the molecule is CCCNCC(c1ccc(Nc2ncc3cc(-c4ncsc4C)c(=O)n(Cc4ccccc4SC)c3n2)cc1)C(C)C. The van der Waals surface area contributed by atoms with Crippen molar-refractivity contribution in [3.63, 3.8) is 0 Å². The second-order valence-electron chi connectivity index (χ2n) is 10.8. The van der Waals surface area contributed by atoms with E-state index in [-0.39, 0.29) is 5.56 Å². The topological polar surface area (TPSA) is 84.7 Å². The molecule has 3 aromatic heterocycles. The molecule has 0 fully saturated rings. The zero-order chi connectivity index (χ0) is 29.6. The molecule has 5 aromatic rings. The Morgan fingerprint density at radius 1 is 1.07 bits per heavy atom. The van der Waals surface area contributed by atoms with Crippen LogP contribution in [-0.4, -0.2) is 38.9 Å². The van der Waals surface area contributed by atoms with Gasteiger partial charge < -0.3 is 10.6 Å². The highest BCUT2D eigenvalue weighted by atomic mass is 32.2. The maximum atomic E-state index is 14.0. The summed E-state index contributed by atoms with van der Waals surface area (Å²) in [6.45, 7) is 11.1. The van der Waals surface area contributed by atoms with Crippen molar-refractivity contribution in [2.24, 2.45) is 5.92 Å². The molecule has 0 aliphatic heterocycles. The minimum Gasteiger partial charge on any atom is -0.324 e. The molecule has 2 N–H and O–H groups in total. The average molecular weight is 599 g/mol. The zero-order valence-electron chi connectivity index (χ0n) is 24.8.